The molecule has 0 fully saturated rings. The lowest BCUT2D eigenvalue weighted by Gasteiger charge is -2.28. The zero-order valence-electron chi connectivity index (χ0n) is 17.4. The molecule has 0 aromatic heterocycles. The van der Waals surface area contributed by atoms with E-state index in [-0.39, 0.29) is 13.0 Å². The highest BCUT2D eigenvalue weighted by Crippen LogP contribution is 2.38. The summed E-state index contributed by atoms with van der Waals surface area (Å²) in [5.41, 5.74) is 0. The third-order valence-corrected chi connectivity index (χ3v) is 4.88. The number of hydrogen-bond acceptors (Lipinski definition) is 7. The normalized spacial score (nSPS) is 15.3. The SMILES string of the molecule is CCCCCCCCCC(=O)O[C@H](CO)COP(=O)([O-])OCC[N+](C)(C)C. The van der Waals surface area contributed by atoms with Crippen molar-refractivity contribution in [2.24, 2.45) is 0 Å². The van der Waals surface area contributed by atoms with Crippen LogP contribution in [0.1, 0.15) is 58.3 Å². The van der Waals surface area contributed by atoms with Crippen LogP contribution in [-0.2, 0) is 23.1 Å². The number of quaternary nitrogens is 1. The minimum atomic E-state index is -4.49. The van der Waals surface area contributed by atoms with E-state index in [1.165, 1.54) is 25.7 Å². The van der Waals surface area contributed by atoms with E-state index in [0.29, 0.717) is 11.0 Å². The average molecular weight is 411 g/mol. The first kappa shape index (κ1) is 26.5. The van der Waals surface area contributed by atoms with E-state index in [1.807, 2.05) is 21.1 Å². The molecular weight excluding hydrogens is 373 g/mol. The highest BCUT2D eigenvalue weighted by molar-refractivity contribution is 7.45. The van der Waals surface area contributed by atoms with Gasteiger partial charge in [-0.15, -0.1) is 0 Å². The van der Waals surface area contributed by atoms with Crippen molar-refractivity contribution in [2.75, 3.05) is 47.5 Å². The quantitative estimate of drug-likeness (QED) is 0.169. The fraction of sp³-hybridized carbons (Fsp3) is 0.944. The number of aliphatic hydroxyl groups is 1. The Kier molecular flexibility index (Phi) is 14.2. The Morgan fingerprint density at radius 1 is 1.07 bits per heavy atom. The van der Waals surface area contributed by atoms with Crippen LogP contribution >= 0.6 is 7.82 Å². The number of ether oxygens (including phenoxy) is 1. The number of carbonyl (C=O) groups is 1. The maximum Gasteiger partial charge on any atom is 0.306 e. The number of hydrogen-bond donors (Lipinski definition) is 1. The van der Waals surface area contributed by atoms with Crippen LogP contribution in [0.25, 0.3) is 0 Å². The van der Waals surface area contributed by atoms with Crippen molar-refractivity contribution in [3.05, 3.63) is 0 Å². The summed E-state index contributed by atoms with van der Waals surface area (Å²) in [7, 11) is 1.24. The summed E-state index contributed by atoms with van der Waals surface area (Å²) in [5, 5.41) is 9.25. The van der Waals surface area contributed by atoms with Crippen LogP contribution in [0.2, 0.25) is 0 Å². The van der Waals surface area contributed by atoms with E-state index in [0.717, 1.165) is 19.3 Å². The molecule has 0 aliphatic rings. The molecule has 0 heterocycles. The molecule has 0 aromatic carbocycles. The highest BCUT2D eigenvalue weighted by Gasteiger charge is 2.19. The van der Waals surface area contributed by atoms with Crippen molar-refractivity contribution in [2.45, 2.75) is 64.4 Å². The fourth-order valence-corrected chi connectivity index (χ4v) is 2.96. The van der Waals surface area contributed by atoms with Gasteiger partial charge >= 0.3 is 5.97 Å². The molecular formula is C18H38NO7P. The summed E-state index contributed by atoms with van der Waals surface area (Å²) in [4.78, 5) is 23.5. The zero-order chi connectivity index (χ0) is 20.8. The first-order valence-corrected chi connectivity index (χ1v) is 11.3. The molecule has 2 atom stereocenters. The van der Waals surface area contributed by atoms with E-state index < -0.39 is 33.1 Å². The molecule has 0 aromatic rings. The second-order valence-electron chi connectivity index (χ2n) is 7.76. The smallest absolute Gasteiger partial charge is 0.306 e. The maximum absolute atomic E-state index is 11.8. The number of nitrogens with zero attached hydrogens (tertiary/aromatic N) is 1. The highest BCUT2D eigenvalue weighted by atomic mass is 31.2. The lowest BCUT2D eigenvalue weighted by Crippen LogP contribution is -2.37. The molecule has 0 radical (unpaired) electrons. The van der Waals surface area contributed by atoms with E-state index in [9.17, 15) is 19.4 Å². The lowest BCUT2D eigenvalue weighted by atomic mass is 10.1. The van der Waals surface area contributed by atoms with Crippen molar-refractivity contribution in [3.63, 3.8) is 0 Å². The molecule has 9 heteroatoms. The fourth-order valence-electron chi connectivity index (χ4n) is 2.23. The Hall–Kier alpha value is -0.500. The van der Waals surface area contributed by atoms with Crippen molar-refractivity contribution < 1.29 is 37.6 Å². The molecule has 0 aliphatic carbocycles. The molecule has 162 valence electrons. The molecule has 0 saturated carbocycles. The van der Waals surface area contributed by atoms with E-state index in [2.05, 4.69) is 6.92 Å². The summed E-state index contributed by atoms with van der Waals surface area (Å²) in [6.07, 6.45) is 6.82. The number of rotatable bonds is 17. The van der Waals surface area contributed by atoms with Gasteiger partial charge in [0, 0.05) is 6.42 Å². The molecule has 0 rings (SSSR count). The summed E-state index contributed by atoms with van der Waals surface area (Å²) < 4.78 is 26.8. The first-order valence-electron chi connectivity index (χ1n) is 9.80. The Morgan fingerprint density at radius 2 is 1.67 bits per heavy atom. The third kappa shape index (κ3) is 17.3. The average Bonchev–Trinajstić information content (AvgIpc) is 2.56. The van der Waals surface area contributed by atoms with Gasteiger partial charge in [0.1, 0.15) is 19.3 Å². The van der Waals surface area contributed by atoms with Crippen molar-refractivity contribution in [1.82, 2.24) is 0 Å². The van der Waals surface area contributed by atoms with Gasteiger partial charge in [-0.05, 0) is 6.42 Å². The summed E-state index contributed by atoms with van der Waals surface area (Å²) in [5.74, 6) is -0.460. The number of phosphoric ester groups is 1. The molecule has 1 N–H and O–H groups in total. The van der Waals surface area contributed by atoms with Crippen LogP contribution < -0.4 is 4.89 Å². The van der Waals surface area contributed by atoms with Gasteiger partial charge in [-0.1, -0.05) is 45.4 Å². The van der Waals surface area contributed by atoms with Gasteiger partial charge in [-0.3, -0.25) is 9.36 Å². The largest absolute Gasteiger partial charge is 0.756 e. The van der Waals surface area contributed by atoms with Gasteiger partial charge in [-0.2, -0.15) is 0 Å². The molecule has 0 amide bonds. The van der Waals surface area contributed by atoms with Gasteiger partial charge in [0.05, 0.1) is 34.4 Å². The van der Waals surface area contributed by atoms with E-state index in [4.69, 9.17) is 13.8 Å². The summed E-state index contributed by atoms with van der Waals surface area (Å²) in [6.45, 7) is 1.69. The zero-order valence-corrected chi connectivity index (χ0v) is 18.2. The molecule has 0 aliphatic heterocycles. The number of aliphatic hydroxyl groups excluding tert-OH is 1. The maximum atomic E-state index is 11.8. The van der Waals surface area contributed by atoms with Crippen LogP contribution in [0.4, 0.5) is 0 Å². The number of esters is 1. The Bertz CT molecular complexity index is 440. The Labute approximate surface area is 164 Å². The molecule has 8 nitrogen and oxygen atoms in total. The van der Waals surface area contributed by atoms with Gasteiger partial charge in [0.2, 0.25) is 0 Å². The predicted molar refractivity (Wildman–Crippen MR) is 102 cm³/mol. The summed E-state index contributed by atoms with van der Waals surface area (Å²) in [6, 6.07) is 0. The van der Waals surface area contributed by atoms with Crippen molar-refractivity contribution in [3.8, 4) is 0 Å². The van der Waals surface area contributed by atoms with E-state index >= 15 is 0 Å². The first-order chi connectivity index (χ1) is 12.6. The lowest BCUT2D eigenvalue weighted by molar-refractivity contribution is -0.870. The Balaban J connectivity index is 3.98. The minimum Gasteiger partial charge on any atom is -0.756 e. The van der Waals surface area contributed by atoms with Crippen LogP contribution in [0.5, 0.6) is 0 Å². The monoisotopic (exact) mass is 411 g/mol. The number of phosphoric acid groups is 1. The molecule has 0 saturated heterocycles. The molecule has 1 unspecified atom stereocenters. The summed E-state index contributed by atoms with van der Waals surface area (Å²) >= 11 is 0. The molecule has 27 heavy (non-hydrogen) atoms. The van der Waals surface area contributed by atoms with Gasteiger partial charge in [-0.25, -0.2) is 0 Å². The number of likely N-dealkylation sites (N-methyl/N-ethyl adjacent to an activating group) is 1. The second-order valence-corrected chi connectivity index (χ2v) is 9.17. The van der Waals surface area contributed by atoms with Crippen molar-refractivity contribution >= 4 is 13.8 Å². The minimum absolute atomic E-state index is 0.00782. The number of unbranched alkanes of at least 4 members (excludes halogenated alkanes) is 6. The van der Waals surface area contributed by atoms with Gasteiger partial charge < -0.3 is 28.3 Å². The molecule has 0 spiro atoms. The predicted octanol–water partition coefficient (Wildman–Crippen LogP) is 2.24. The standard InChI is InChI=1S/C18H38NO7P/c1-5-6-7-8-9-10-11-12-18(21)26-17(15-20)16-25-27(22,23)24-14-13-19(2,3)4/h17,20H,5-16H2,1-4H3/t17-/m1/s1. The third-order valence-electron chi connectivity index (χ3n) is 3.92. The van der Waals surface area contributed by atoms with E-state index in [1.54, 1.807) is 0 Å². The van der Waals surface area contributed by atoms with Gasteiger partial charge in [0.15, 0.2) is 0 Å². The van der Waals surface area contributed by atoms with Crippen LogP contribution in [-0.4, -0.2) is 69.2 Å². The van der Waals surface area contributed by atoms with Gasteiger partial charge in [0.25, 0.3) is 7.82 Å². The van der Waals surface area contributed by atoms with Crippen molar-refractivity contribution in [1.29, 1.82) is 0 Å². The van der Waals surface area contributed by atoms with Crippen LogP contribution in [0.3, 0.4) is 0 Å². The second kappa shape index (κ2) is 14.5. The van der Waals surface area contributed by atoms with Crippen LogP contribution in [0.15, 0.2) is 0 Å². The Morgan fingerprint density at radius 3 is 2.22 bits per heavy atom. The number of carbonyl (C=O) groups excluding carboxylic acids is 1. The van der Waals surface area contributed by atoms with Crippen LogP contribution in [0, 0.1) is 0 Å². The molecule has 0 bridgehead atoms. The topological polar surface area (TPSA) is 105 Å².